The standard InChI is InChI=1S/C25H29ClN4O2S/c1-18-8-4-5-14-29(18)15-7-13-27-23(31)17-33-25-28-22-12-3-2-11-21(22)24(32)30(25)20-10-6-9-19(26)16-20/h2-3,6,9-12,16,18H,4-5,7-8,13-15,17H2,1H3,(H,27,31). The van der Waals surface area contributed by atoms with E-state index >= 15 is 0 Å². The number of thioether (sulfide) groups is 1. The van der Waals surface area contributed by atoms with Crippen LogP contribution in [-0.2, 0) is 4.79 Å². The van der Waals surface area contributed by atoms with Gasteiger partial charge in [0.15, 0.2) is 5.16 Å². The number of halogens is 1. The van der Waals surface area contributed by atoms with Crippen LogP contribution in [0, 0.1) is 0 Å². The van der Waals surface area contributed by atoms with Crippen molar-refractivity contribution in [2.45, 2.75) is 43.8 Å². The van der Waals surface area contributed by atoms with Crippen molar-refractivity contribution < 1.29 is 4.79 Å². The molecule has 6 nitrogen and oxygen atoms in total. The SMILES string of the molecule is CC1CCCCN1CCCNC(=O)CSc1nc2ccccc2c(=O)n1-c1cccc(Cl)c1. The van der Waals surface area contributed by atoms with Gasteiger partial charge in [0.25, 0.3) is 5.56 Å². The molecular weight excluding hydrogens is 456 g/mol. The second-order valence-electron chi connectivity index (χ2n) is 8.40. The summed E-state index contributed by atoms with van der Waals surface area (Å²) in [5, 5.41) is 4.53. The molecule has 1 saturated heterocycles. The fraction of sp³-hybridized carbons (Fsp3) is 0.400. The maximum Gasteiger partial charge on any atom is 0.266 e. The molecule has 1 aromatic heterocycles. The van der Waals surface area contributed by atoms with Crippen LogP contribution < -0.4 is 10.9 Å². The molecule has 2 aromatic carbocycles. The summed E-state index contributed by atoms with van der Waals surface area (Å²) in [6.07, 6.45) is 4.77. The number of amides is 1. The third kappa shape index (κ3) is 5.96. The van der Waals surface area contributed by atoms with Gasteiger partial charge in [-0.2, -0.15) is 0 Å². The van der Waals surface area contributed by atoms with Crippen molar-refractivity contribution in [1.29, 1.82) is 0 Å². The van der Waals surface area contributed by atoms with Crippen LogP contribution in [0.15, 0.2) is 58.5 Å². The lowest BCUT2D eigenvalue weighted by Gasteiger charge is -2.33. The first kappa shape index (κ1) is 23.8. The van der Waals surface area contributed by atoms with Crippen LogP contribution >= 0.6 is 23.4 Å². The minimum Gasteiger partial charge on any atom is -0.355 e. The Kier molecular flexibility index (Phi) is 8.06. The normalized spacial score (nSPS) is 16.7. The van der Waals surface area contributed by atoms with E-state index in [1.807, 2.05) is 24.3 Å². The van der Waals surface area contributed by atoms with Crippen LogP contribution in [0.2, 0.25) is 5.02 Å². The molecule has 2 heterocycles. The molecule has 1 N–H and O–H groups in total. The van der Waals surface area contributed by atoms with E-state index in [1.54, 1.807) is 24.3 Å². The zero-order chi connectivity index (χ0) is 23.2. The van der Waals surface area contributed by atoms with E-state index in [-0.39, 0.29) is 17.2 Å². The quantitative estimate of drug-likeness (QED) is 0.289. The summed E-state index contributed by atoms with van der Waals surface area (Å²) >= 11 is 7.43. The second-order valence-corrected chi connectivity index (χ2v) is 9.78. The summed E-state index contributed by atoms with van der Waals surface area (Å²) < 4.78 is 1.53. The van der Waals surface area contributed by atoms with Crippen molar-refractivity contribution in [3.63, 3.8) is 0 Å². The highest BCUT2D eigenvalue weighted by Gasteiger charge is 2.18. The third-order valence-corrected chi connectivity index (χ3v) is 7.20. The molecule has 1 aliphatic heterocycles. The Morgan fingerprint density at radius 3 is 2.88 bits per heavy atom. The molecule has 33 heavy (non-hydrogen) atoms. The van der Waals surface area contributed by atoms with Crippen molar-refractivity contribution in [1.82, 2.24) is 19.8 Å². The predicted molar refractivity (Wildman–Crippen MR) is 136 cm³/mol. The van der Waals surface area contributed by atoms with Gasteiger partial charge in [-0.15, -0.1) is 0 Å². The Bertz CT molecular complexity index is 1180. The van der Waals surface area contributed by atoms with Gasteiger partial charge in [0, 0.05) is 24.2 Å². The fourth-order valence-corrected chi connectivity index (χ4v) is 5.26. The Morgan fingerprint density at radius 1 is 1.21 bits per heavy atom. The number of hydrogen-bond acceptors (Lipinski definition) is 5. The van der Waals surface area contributed by atoms with Crippen LogP contribution in [-0.4, -0.2) is 51.8 Å². The predicted octanol–water partition coefficient (Wildman–Crippen LogP) is 4.51. The molecule has 0 radical (unpaired) electrons. The molecule has 1 unspecified atom stereocenters. The first-order valence-corrected chi connectivity index (χ1v) is 12.8. The largest absolute Gasteiger partial charge is 0.355 e. The summed E-state index contributed by atoms with van der Waals surface area (Å²) in [4.78, 5) is 32.9. The minimum atomic E-state index is -0.179. The summed E-state index contributed by atoms with van der Waals surface area (Å²) in [7, 11) is 0. The van der Waals surface area contributed by atoms with Gasteiger partial charge in [-0.25, -0.2) is 4.98 Å². The van der Waals surface area contributed by atoms with Crippen LogP contribution in [0.1, 0.15) is 32.6 Å². The topological polar surface area (TPSA) is 67.2 Å². The molecule has 0 saturated carbocycles. The molecule has 174 valence electrons. The number of hydrogen-bond donors (Lipinski definition) is 1. The van der Waals surface area contributed by atoms with E-state index in [4.69, 9.17) is 11.6 Å². The lowest BCUT2D eigenvalue weighted by molar-refractivity contribution is -0.118. The van der Waals surface area contributed by atoms with Crippen LogP contribution in [0.3, 0.4) is 0 Å². The second kappa shape index (κ2) is 11.2. The van der Waals surface area contributed by atoms with Crippen LogP contribution in [0.5, 0.6) is 0 Å². The number of benzene rings is 2. The Balaban J connectivity index is 1.43. The molecule has 1 amide bonds. The smallest absolute Gasteiger partial charge is 0.266 e. The molecule has 8 heteroatoms. The fourth-order valence-electron chi connectivity index (χ4n) is 4.23. The van der Waals surface area contributed by atoms with Crippen molar-refractivity contribution in [3.05, 3.63) is 63.9 Å². The maximum absolute atomic E-state index is 13.3. The van der Waals surface area contributed by atoms with Crippen molar-refractivity contribution in [2.24, 2.45) is 0 Å². The molecule has 1 fully saturated rings. The lowest BCUT2D eigenvalue weighted by atomic mass is 10.0. The number of aromatic nitrogens is 2. The third-order valence-electron chi connectivity index (χ3n) is 6.03. The van der Waals surface area contributed by atoms with Gasteiger partial charge in [0.2, 0.25) is 5.91 Å². The minimum absolute atomic E-state index is 0.0632. The van der Waals surface area contributed by atoms with Crippen molar-refractivity contribution in [3.8, 4) is 5.69 Å². The van der Waals surface area contributed by atoms with Crippen LogP contribution in [0.4, 0.5) is 0 Å². The molecular formula is C25H29ClN4O2S. The number of carbonyl (C=O) groups excluding carboxylic acids is 1. The van der Waals surface area contributed by atoms with E-state index < -0.39 is 0 Å². The van der Waals surface area contributed by atoms with Crippen LogP contribution in [0.25, 0.3) is 16.6 Å². The van der Waals surface area contributed by atoms with Crippen molar-refractivity contribution >= 4 is 40.2 Å². The summed E-state index contributed by atoms with van der Waals surface area (Å²) in [5.74, 6) is 0.123. The van der Waals surface area contributed by atoms with E-state index in [2.05, 4.69) is 22.1 Å². The number of nitrogens with one attached hydrogen (secondary N) is 1. The average molecular weight is 485 g/mol. The van der Waals surface area contributed by atoms with E-state index in [9.17, 15) is 9.59 Å². The number of likely N-dealkylation sites (tertiary alicyclic amines) is 1. The first-order valence-electron chi connectivity index (χ1n) is 11.4. The average Bonchev–Trinajstić information content (AvgIpc) is 2.81. The van der Waals surface area contributed by atoms with Gasteiger partial charge in [-0.1, -0.05) is 48.0 Å². The molecule has 0 aliphatic carbocycles. The van der Waals surface area contributed by atoms with Gasteiger partial charge >= 0.3 is 0 Å². The Hall–Kier alpha value is -2.35. The Morgan fingerprint density at radius 2 is 2.06 bits per heavy atom. The first-order chi connectivity index (χ1) is 16.0. The number of para-hydroxylation sites is 1. The lowest BCUT2D eigenvalue weighted by Crippen LogP contribution is -2.39. The van der Waals surface area contributed by atoms with E-state index in [0.717, 1.165) is 19.5 Å². The van der Waals surface area contributed by atoms with Crippen molar-refractivity contribution in [2.75, 3.05) is 25.4 Å². The molecule has 3 aromatic rings. The number of rotatable bonds is 8. The summed E-state index contributed by atoms with van der Waals surface area (Å²) in [5.41, 5.74) is 1.06. The number of carbonyl (C=O) groups is 1. The molecule has 1 aliphatic rings. The summed E-state index contributed by atoms with van der Waals surface area (Å²) in [6.45, 7) is 5.09. The van der Waals surface area contributed by atoms with Gasteiger partial charge in [0.05, 0.1) is 22.3 Å². The highest BCUT2D eigenvalue weighted by Crippen LogP contribution is 2.23. The number of fused-ring (bicyclic) bond motifs is 1. The van der Waals surface area contributed by atoms with E-state index in [1.165, 1.54) is 35.6 Å². The summed E-state index contributed by atoms with van der Waals surface area (Å²) in [6, 6.07) is 15.0. The van der Waals surface area contributed by atoms with E-state index in [0.29, 0.717) is 39.4 Å². The van der Waals surface area contributed by atoms with Gasteiger partial charge in [0.1, 0.15) is 0 Å². The highest BCUT2D eigenvalue weighted by molar-refractivity contribution is 7.99. The molecule has 0 spiro atoms. The maximum atomic E-state index is 13.3. The van der Waals surface area contributed by atoms with Gasteiger partial charge < -0.3 is 10.2 Å². The van der Waals surface area contributed by atoms with Gasteiger partial charge in [-0.3, -0.25) is 14.2 Å². The zero-order valence-electron chi connectivity index (χ0n) is 18.8. The molecule has 1 atom stereocenters. The number of nitrogens with zero attached hydrogens (tertiary/aromatic N) is 3. The molecule has 4 rings (SSSR count). The Labute approximate surface area is 203 Å². The monoisotopic (exact) mass is 484 g/mol. The molecule has 0 bridgehead atoms. The van der Waals surface area contributed by atoms with Gasteiger partial charge in [-0.05, 0) is 63.1 Å². The highest BCUT2D eigenvalue weighted by atomic mass is 35.5. The number of piperidine rings is 1. The zero-order valence-corrected chi connectivity index (χ0v) is 20.4.